The highest BCUT2D eigenvalue weighted by atomic mass is 19.1. The Morgan fingerprint density at radius 1 is 1.26 bits per heavy atom. The molecule has 0 saturated heterocycles. The van der Waals surface area contributed by atoms with E-state index in [4.69, 9.17) is 0 Å². The van der Waals surface area contributed by atoms with E-state index in [-0.39, 0.29) is 23.8 Å². The maximum atomic E-state index is 14.1. The zero-order valence-corrected chi connectivity index (χ0v) is 15.3. The molecule has 1 aromatic carbocycles. The molecule has 0 aliphatic rings. The van der Waals surface area contributed by atoms with Crippen LogP contribution < -0.4 is 10.9 Å². The fraction of sp³-hybridized carbons (Fsp3) is 0.263. The molecular weight excluding hydrogens is 349 g/mol. The average Bonchev–Trinajstić information content (AvgIpc) is 3.02. The first kappa shape index (κ1) is 18.5. The SMILES string of the molecule is Cc1c(C(=O)NCC(C)(C)c2ccccc2F)cnn1-c1ccc(=O)[nH]n1. The summed E-state index contributed by atoms with van der Waals surface area (Å²) in [6.45, 7) is 5.73. The van der Waals surface area contributed by atoms with E-state index < -0.39 is 5.41 Å². The quantitative estimate of drug-likeness (QED) is 0.720. The Hall–Kier alpha value is -3.29. The molecule has 0 unspecified atom stereocenters. The first-order chi connectivity index (χ1) is 12.8. The van der Waals surface area contributed by atoms with Gasteiger partial charge in [-0.2, -0.15) is 10.2 Å². The van der Waals surface area contributed by atoms with Gasteiger partial charge in [0.05, 0.1) is 17.5 Å². The van der Waals surface area contributed by atoms with Crippen molar-refractivity contribution in [1.29, 1.82) is 0 Å². The molecule has 1 amide bonds. The van der Waals surface area contributed by atoms with Crippen molar-refractivity contribution in [2.45, 2.75) is 26.2 Å². The molecule has 2 heterocycles. The third kappa shape index (κ3) is 3.79. The van der Waals surface area contributed by atoms with Crippen LogP contribution in [0.2, 0.25) is 0 Å². The van der Waals surface area contributed by atoms with Crippen molar-refractivity contribution >= 4 is 5.91 Å². The normalized spacial score (nSPS) is 11.4. The lowest BCUT2D eigenvalue weighted by Gasteiger charge is -2.26. The van der Waals surface area contributed by atoms with E-state index in [0.29, 0.717) is 22.6 Å². The number of aromatic nitrogens is 4. The number of nitrogens with one attached hydrogen (secondary N) is 2. The molecule has 2 N–H and O–H groups in total. The molecule has 0 saturated carbocycles. The Bertz CT molecular complexity index is 1020. The van der Waals surface area contributed by atoms with Crippen LogP contribution in [0.3, 0.4) is 0 Å². The molecule has 0 atom stereocenters. The smallest absolute Gasteiger partial charge is 0.264 e. The predicted molar refractivity (Wildman–Crippen MR) is 98.5 cm³/mol. The molecule has 0 spiro atoms. The molecule has 27 heavy (non-hydrogen) atoms. The van der Waals surface area contributed by atoms with E-state index in [9.17, 15) is 14.0 Å². The Kier molecular flexibility index (Phi) is 4.89. The predicted octanol–water partition coefficient (Wildman–Crippen LogP) is 2.11. The summed E-state index contributed by atoms with van der Waals surface area (Å²) in [7, 11) is 0. The van der Waals surface area contributed by atoms with Gasteiger partial charge in [-0.15, -0.1) is 0 Å². The zero-order chi connectivity index (χ0) is 19.6. The van der Waals surface area contributed by atoms with Gasteiger partial charge in [-0.3, -0.25) is 9.59 Å². The summed E-state index contributed by atoms with van der Waals surface area (Å²) >= 11 is 0. The van der Waals surface area contributed by atoms with Gasteiger partial charge in [0, 0.05) is 18.0 Å². The van der Waals surface area contributed by atoms with Gasteiger partial charge in [-0.25, -0.2) is 14.2 Å². The Balaban J connectivity index is 1.76. The minimum absolute atomic E-state index is 0.258. The van der Waals surface area contributed by atoms with E-state index in [2.05, 4.69) is 20.6 Å². The van der Waals surface area contributed by atoms with Crippen LogP contribution in [-0.4, -0.2) is 32.4 Å². The Labute approximate surface area is 155 Å². The first-order valence-corrected chi connectivity index (χ1v) is 8.43. The van der Waals surface area contributed by atoms with E-state index >= 15 is 0 Å². The van der Waals surface area contributed by atoms with Crippen LogP contribution in [0.5, 0.6) is 0 Å². The number of H-pyrrole nitrogens is 1. The van der Waals surface area contributed by atoms with Gasteiger partial charge in [0.15, 0.2) is 5.82 Å². The largest absolute Gasteiger partial charge is 0.351 e. The molecule has 0 bridgehead atoms. The van der Waals surface area contributed by atoms with Crippen molar-refractivity contribution in [2.24, 2.45) is 0 Å². The number of amides is 1. The van der Waals surface area contributed by atoms with E-state index in [1.54, 1.807) is 25.1 Å². The standard InChI is InChI=1S/C19H20FN5O2/c1-12-13(10-22-25(12)16-8-9-17(26)24-23-16)18(27)21-11-19(2,3)14-6-4-5-7-15(14)20/h4-10H,11H2,1-3H3,(H,21,27)(H,24,26). The van der Waals surface area contributed by atoms with Crippen LogP contribution in [0.1, 0.15) is 35.5 Å². The second-order valence-corrected chi connectivity index (χ2v) is 6.88. The van der Waals surface area contributed by atoms with Crippen LogP contribution in [0.4, 0.5) is 4.39 Å². The second-order valence-electron chi connectivity index (χ2n) is 6.88. The van der Waals surface area contributed by atoms with Crippen LogP contribution in [-0.2, 0) is 5.41 Å². The highest BCUT2D eigenvalue weighted by Crippen LogP contribution is 2.25. The van der Waals surface area contributed by atoms with Gasteiger partial charge in [-0.1, -0.05) is 32.0 Å². The van der Waals surface area contributed by atoms with Crippen molar-refractivity contribution < 1.29 is 9.18 Å². The van der Waals surface area contributed by atoms with Gasteiger partial charge < -0.3 is 5.32 Å². The van der Waals surface area contributed by atoms with Crippen molar-refractivity contribution in [1.82, 2.24) is 25.3 Å². The maximum Gasteiger partial charge on any atom is 0.264 e. The Morgan fingerprint density at radius 3 is 2.67 bits per heavy atom. The molecule has 140 valence electrons. The number of carbonyl (C=O) groups excluding carboxylic acids is 1. The fourth-order valence-corrected chi connectivity index (χ4v) is 2.82. The summed E-state index contributed by atoms with van der Waals surface area (Å²) in [6, 6.07) is 9.38. The van der Waals surface area contributed by atoms with Crippen LogP contribution >= 0.6 is 0 Å². The molecule has 0 aliphatic carbocycles. The second kappa shape index (κ2) is 7.14. The zero-order valence-electron chi connectivity index (χ0n) is 15.3. The third-order valence-electron chi connectivity index (χ3n) is 4.43. The van der Waals surface area contributed by atoms with Crippen molar-refractivity contribution in [3.8, 4) is 5.82 Å². The van der Waals surface area contributed by atoms with Crippen molar-refractivity contribution in [2.75, 3.05) is 6.54 Å². The molecule has 2 aromatic heterocycles. The molecule has 8 heteroatoms. The summed E-state index contributed by atoms with van der Waals surface area (Å²) in [5, 5.41) is 13.2. The molecule has 0 radical (unpaired) electrons. The molecule has 3 rings (SSSR count). The van der Waals surface area contributed by atoms with Gasteiger partial charge in [0.25, 0.3) is 11.5 Å². The van der Waals surface area contributed by atoms with Gasteiger partial charge in [0.1, 0.15) is 5.82 Å². The van der Waals surface area contributed by atoms with Crippen LogP contribution in [0.25, 0.3) is 5.82 Å². The minimum atomic E-state index is -0.578. The number of aromatic amines is 1. The Morgan fingerprint density at radius 2 is 2.00 bits per heavy atom. The lowest BCUT2D eigenvalue weighted by molar-refractivity contribution is 0.0944. The lowest BCUT2D eigenvalue weighted by Crippen LogP contribution is -2.37. The monoisotopic (exact) mass is 369 g/mol. The molecule has 0 fully saturated rings. The first-order valence-electron chi connectivity index (χ1n) is 8.43. The van der Waals surface area contributed by atoms with Crippen LogP contribution in [0, 0.1) is 12.7 Å². The fourth-order valence-electron chi connectivity index (χ4n) is 2.82. The van der Waals surface area contributed by atoms with Crippen LogP contribution in [0.15, 0.2) is 47.4 Å². The van der Waals surface area contributed by atoms with Crippen molar-refractivity contribution in [3.05, 3.63) is 75.6 Å². The summed E-state index contributed by atoms with van der Waals surface area (Å²) < 4.78 is 15.5. The number of rotatable bonds is 5. The number of nitrogens with zero attached hydrogens (tertiary/aromatic N) is 3. The van der Waals surface area contributed by atoms with Gasteiger partial charge in [-0.05, 0) is 24.6 Å². The van der Waals surface area contributed by atoms with E-state index in [0.717, 1.165) is 0 Å². The van der Waals surface area contributed by atoms with E-state index in [1.807, 2.05) is 13.8 Å². The third-order valence-corrected chi connectivity index (χ3v) is 4.43. The minimum Gasteiger partial charge on any atom is -0.351 e. The van der Waals surface area contributed by atoms with E-state index in [1.165, 1.54) is 29.1 Å². The number of hydrogen-bond acceptors (Lipinski definition) is 4. The number of halogens is 1. The van der Waals surface area contributed by atoms with Gasteiger partial charge in [0.2, 0.25) is 0 Å². The van der Waals surface area contributed by atoms with Crippen molar-refractivity contribution in [3.63, 3.8) is 0 Å². The lowest BCUT2D eigenvalue weighted by atomic mass is 9.84. The maximum absolute atomic E-state index is 14.1. The molecule has 3 aromatic rings. The summed E-state index contributed by atoms with van der Waals surface area (Å²) in [5.41, 5.74) is 0.598. The number of hydrogen-bond donors (Lipinski definition) is 2. The number of benzene rings is 1. The molecule has 7 nitrogen and oxygen atoms in total. The summed E-state index contributed by atoms with van der Waals surface area (Å²) in [4.78, 5) is 23.7. The molecular formula is C19H20FN5O2. The highest BCUT2D eigenvalue weighted by molar-refractivity contribution is 5.95. The average molecular weight is 369 g/mol. The number of carbonyl (C=O) groups is 1. The highest BCUT2D eigenvalue weighted by Gasteiger charge is 2.25. The van der Waals surface area contributed by atoms with Gasteiger partial charge >= 0.3 is 0 Å². The summed E-state index contributed by atoms with van der Waals surface area (Å²) in [6.07, 6.45) is 1.44. The molecule has 0 aliphatic heterocycles. The topological polar surface area (TPSA) is 92.7 Å². The summed E-state index contributed by atoms with van der Waals surface area (Å²) in [5.74, 6) is -0.213.